The number of hydrogen-bond acceptors (Lipinski definition) is 4. The third-order valence-corrected chi connectivity index (χ3v) is 7.09. The highest BCUT2D eigenvalue weighted by Gasteiger charge is 2.26. The predicted octanol–water partition coefficient (Wildman–Crippen LogP) is 5.76. The van der Waals surface area contributed by atoms with Crippen LogP contribution in [0.1, 0.15) is 42.1 Å². The molecule has 6 nitrogen and oxygen atoms in total. The molecule has 0 fully saturated rings. The molecule has 0 bridgehead atoms. The fourth-order valence-electron chi connectivity index (χ4n) is 3.61. The Morgan fingerprint density at radius 1 is 0.941 bits per heavy atom. The molecule has 178 valence electrons. The highest BCUT2D eigenvalue weighted by atomic mass is 35.5. The van der Waals surface area contributed by atoms with Crippen molar-refractivity contribution in [3.8, 4) is 0 Å². The lowest BCUT2D eigenvalue weighted by atomic mass is 9.85. The molecule has 0 radical (unpaired) electrons. The Hall–Kier alpha value is -3.16. The first-order chi connectivity index (χ1) is 16.1. The first kappa shape index (κ1) is 25.5. The molecule has 0 saturated carbocycles. The van der Waals surface area contributed by atoms with Crippen LogP contribution in [0.2, 0.25) is 5.02 Å². The van der Waals surface area contributed by atoms with Gasteiger partial charge in [0.05, 0.1) is 21.5 Å². The van der Waals surface area contributed by atoms with Gasteiger partial charge in [0.2, 0.25) is 5.91 Å². The summed E-state index contributed by atoms with van der Waals surface area (Å²) in [5.74, 6) is -0.804. The normalized spacial score (nSPS) is 13.1. The van der Waals surface area contributed by atoms with E-state index in [-0.39, 0.29) is 33.2 Å². The molecule has 0 spiro atoms. The van der Waals surface area contributed by atoms with E-state index in [2.05, 4.69) is 10.6 Å². The van der Waals surface area contributed by atoms with E-state index in [9.17, 15) is 18.0 Å². The molecule has 2 amide bonds. The van der Waals surface area contributed by atoms with Crippen molar-refractivity contribution in [2.45, 2.75) is 31.1 Å². The summed E-state index contributed by atoms with van der Waals surface area (Å²) in [6.45, 7) is 4.09. The number of hydrogen-bond donors (Lipinski definition) is 2. The second kappa shape index (κ2) is 10.8. The summed E-state index contributed by atoms with van der Waals surface area (Å²) >= 11 is 6.37. The van der Waals surface area contributed by atoms with Crippen LogP contribution >= 0.6 is 11.6 Å². The highest BCUT2D eigenvalue weighted by molar-refractivity contribution is 7.90. The average molecular weight is 499 g/mol. The van der Waals surface area contributed by atoms with Crippen molar-refractivity contribution >= 4 is 44.6 Å². The van der Waals surface area contributed by atoms with Gasteiger partial charge in [-0.25, -0.2) is 8.42 Å². The lowest BCUT2D eigenvalue weighted by molar-refractivity contribution is -0.118. The quantitative estimate of drug-likeness (QED) is 0.412. The Morgan fingerprint density at radius 3 is 2.26 bits per heavy atom. The number of halogens is 1. The van der Waals surface area contributed by atoms with Gasteiger partial charge in [-0.15, -0.1) is 0 Å². The molecular weight excluding hydrogens is 472 g/mol. The minimum atomic E-state index is -3.44. The van der Waals surface area contributed by atoms with Gasteiger partial charge in [0, 0.05) is 17.5 Å². The van der Waals surface area contributed by atoms with Gasteiger partial charge in [0.25, 0.3) is 5.91 Å². The summed E-state index contributed by atoms with van der Waals surface area (Å²) in [6, 6.07) is 20.2. The van der Waals surface area contributed by atoms with Crippen molar-refractivity contribution in [2.24, 2.45) is 5.92 Å². The zero-order chi connectivity index (χ0) is 24.9. The smallest absolute Gasteiger partial charge is 0.255 e. The second-order valence-corrected chi connectivity index (χ2v) is 10.6. The van der Waals surface area contributed by atoms with E-state index in [1.807, 2.05) is 44.2 Å². The molecule has 0 saturated heterocycles. The zero-order valence-electron chi connectivity index (χ0n) is 19.2. The van der Waals surface area contributed by atoms with Crippen molar-refractivity contribution in [2.75, 3.05) is 16.9 Å². The van der Waals surface area contributed by atoms with Crippen molar-refractivity contribution in [1.82, 2.24) is 0 Å². The van der Waals surface area contributed by atoms with Crippen LogP contribution in [0, 0.1) is 5.92 Å². The Kier molecular flexibility index (Phi) is 8.12. The van der Waals surface area contributed by atoms with Crippen molar-refractivity contribution in [3.63, 3.8) is 0 Å². The monoisotopic (exact) mass is 498 g/mol. The highest BCUT2D eigenvalue weighted by Crippen LogP contribution is 2.30. The minimum absolute atomic E-state index is 0.0542. The molecule has 2 unspecified atom stereocenters. The van der Waals surface area contributed by atoms with E-state index in [0.717, 1.165) is 18.2 Å². The van der Waals surface area contributed by atoms with Crippen LogP contribution in [0.25, 0.3) is 0 Å². The van der Waals surface area contributed by atoms with Gasteiger partial charge in [-0.3, -0.25) is 9.59 Å². The first-order valence-electron chi connectivity index (χ1n) is 10.9. The minimum Gasteiger partial charge on any atom is -0.325 e. The summed E-state index contributed by atoms with van der Waals surface area (Å²) in [6.07, 6.45) is 1.93. The molecule has 2 atom stereocenters. The van der Waals surface area contributed by atoms with Crippen LogP contribution in [0.3, 0.4) is 0 Å². The van der Waals surface area contributed by atoms with Gasteiger partial charge >= 0.3 is 0 Å². The van der Waals surface area contributed by atoms with E-state index < -0.39 is 15.7 Å². The molecule has 0 aliphatic rings. The number of sulfone groups is 1. The first-order valence-corrected chi connectivity index (χ1v) is 13.1. The molecular formula is C26H27ClN2O4S. The summed E-state index contributed by atoms with van der Waals surface area (Å²) < 4.78 is 23.5. The molecule has 8 heteroatoms. The second-order valence-electron chi connectivity index (χ2n) is 8.21. The van der Waals surface area contributed by atoms with Crippen molar-refractivity contribution < 1.29 is 18.0 Å². The number of anilines is 2. The lowest BCUT2D eigenvalue weighted by Gasteiger charge is -2.23. The Labute approximate surface area is 205 Å². The average Bonchev–Trinajstić information content (AvgIpc) is 2.81. The summed E-state index contributed by atoms with van der Waals surface area (Å²) in [7, 11) is -3.44. The Bertz CT molecular complexity index is 1290. The predicted molar refractivity (Wildman–Crippen MR) is 136 cm³/mol. The molecule has 0 aliphatic heterocycles. The van der Waals surface area contributed by atoms with Crippen LogP contribution < -0.4 is 10.6 Å². The Morgan fingerprint density at radius 2 is 1.65 bits per heavy atom. The number of rotatable bonds is 8. The molecule has 0 aliphatic carbocycles. The molecule has 3 rings (SSSR count). The standard InChI is InChI=1S/C26H27ClN2O4S/c1-4-17(2)24(18-9-6-5-7-10-18)26(31)28-20-13-14-23(22(27)16-20)29-25(30)19-11-8-12-21(15-19)34(3,32)33/h5-17,24H,4H2,1-3H3,(H,28,31)(H,29,30). The van der Waals surface area contributed by atoms with Crippen LogP contribution in [0.5, 0.6) is 0 Å². The summed E-state index contributed by atoms with van der Waals surface area (Å²) in [5.41, 5.74) is 1.99. The maximum Gasteiger partial charge on any atom is 0.255 e. The van der Waals surface area contributed by atoms with E-state index in [1.54, 1.807) is 18.2 Å². The number of carbonyl (C=O) groups is 2. The molecule has 3 aromatic carbocycles. The van der Waals surface area contributed by atoms with Crippen LogP contribution in [-0.4, -0.2) is 26.5 Å². The fourth-order valence-corrected chi connectivity index (χ4v) is 4.51. The van der Waals surface area contributed by atoms with E-state index in [4.69, 9.17) is 11.6 Å². The topological polar surface area (TPSA) is 92.3 Å². The molecule has 34 heavy (non-hydrogen) atoms. The molecule has 2 N–H and O–H groups in total. The van der Waals surface area contributed by atoms with Gasteiger partial charge in [0.1, 0.15) is 0 Å². The number of amides is 2. The SMILES string of the molecule is CCC(C)C(C(=O)Nc1ccc(NC(=O)c2cccc(S(C)(=O)=O)c2)c(Cl)c1)c1ccccc1. The molecule has 3 aromatic rings. The fraction of sp³-hybridized carbons (Fsp3) is 0.231. The third-order valence-electron chi connectivity index (χ3n) is 5.66. The summed E-state index contributed by atoms with van der Waals surface area (Å²) in [4.78, 5) is 25.8. The van der Waals surface area contributed by atoms with Gasteiger partial charge in [0.15, 0.2) is 9.84 Å². The Balaban J connectivity index is 1.76. The van der Waals surface area contributed by atoms with Crippen LogP contribution in [0.4, 0.5) is 11.4 Å². The third kappa shape index (κ3) is 6.24. The molecule has 0 aromatic heterocycles. The van der Waals surface area contributed by atoms with E-state index >= 15 is 0 Å². The maximum absolute atomic E-state index is 13.1. The van der Waals surface area contributed by atoms with Crippen LogP contribution in [0.15, 0.2) is 77.7 Å². The van der Waals surface area contributed by atoms with Gasteiger partial charge in [-0.1, -0.05) is 68.3 Å². The van der Waals surface area contributed by atoms with E-state index in [0.29, 0.717) is 11.4 Å². The van der Waals surface area contributed by atoms with E-state index in [1.165, 1.54) is 24.3 Å². The van der Waals surface area contributed by atoms with Crippen molar-refractivity contribution in [3.05, 3.63) is 88.9 Å². The maximum atomic E-state index is 13.1. The molecule has 0 heterocycles. The number of carbonyl (C=O) groups excluding carboxylic acids is 2. The van der Waals surface area contributed by atoms with Crippen molar-refractivity contribution in [1.29, 1.82) is 0 Å². The number of nitrogens with one attached hydrogen (secondary N) is 2. The largest absolute Gasteiger partial charge is 0.325 e. The van der Waals surface area contributed by atoms with Gasteiger partial charge in [-0.05, 0) is 47.9 Å². The number of benzene rings is 3. The lowest BCUT2D eigenvalue weighted by Crippen LogP contribution is -2.26. The van der Waals surface area contributed by atoms with Crippen LogP contribution in [-0.2, 0) is 14.6 Å². The summed E-state index contributed by atoms with van der Waals surface area (Å²) in [5, 5.41) is 5.85. The van der Waals surface area contributed by atoms with Gasteiger partial charge < -0.3 is 10.6 Å². The van der Waals surface area contributed by atoms with Gasteiger partial charge in [-0.2, -0.15) is 0 Å². The zero-order valence-corrected chi connectivity index (χ0v) is 20.8.